The van der Waals surface area contributed by atoms with Crippen LogP contribution in [0.5, 0.6) is 0 Å². The van der Waals surface area contributed by atoms with E-state index in [-0.39, 0.29) is 5.54 Å². The molecule has 0 fully saturated rings. The Morgan fingerprint density at radius 2 is 1.89 bits per heavy atom. The van der Waals surface area contributed by atoms with Crippen molar-refractivity contribution in [2.75, 3.05) is 0 Å². The third-order valence-electron chi connectivity index (χ3n) is 3.38. The Kier molecular flexibility index (Phi) is 3.73. The first-order chi connectivity index (χ1) is 8.78. The van der Waals surface area contributed by atoms with Gasteiger partial charge in [0.1, 0.15) is 11.3 Å². The standard InChI is InChI=1S/C17H25NO/c1-11(2)14-8-7-12(3)16-15(14)9-13(19-16)10-18-17(4,5)6/h7-9,11,18H,10H2,1-6H3. The van der Waals surface area contributed by atoms with Crippen LogP contribution in [0.25, 0.3) is 11.0 Å². The summed E-state index contributed by atoms with van der Waals surface area (Å²) >= 11 is 0. The molecule has 0 aliphatic heterocycles. The van der Waals surface area contributed by atoms with E-state index in [2.05, 4.69) is 65.1 Å². The van der Waals surface area contributed by atoms with Crippen molar-refractivity contribution in [2.45, 2.75) is 59.5 Å². The van der Waals surface area contributed by atoms with E-state index in [1.54, 1.807) is 0 Å². The third-order valence-corrected chi connectivity index (χ3v) is 3.38. The van der Waals surface area contributed by atoms with Crippen molar-refractivity contribution in [3.05, 3.63) is 35.1 Å². The fourth-order valence-electron chi connectivity index (χ4n) is 2.27. The molecule has 0 aliphatic rings. The molecule has 0 spiro atoms. The lowest BCUT2D eigenvalue weighted by Gasteiger charge is -2.19. The van der Waals surface area contributed by atoms with E-state index in [1.165, 1.54) is 16.5 Å². The number of hydrogen-bond acceptors (Lipinski definition) is 2. The van der Waals surface area contributed by atoms with Crippen LogP contribution in [0, 0.1) is 6.92 Å². The van der Waals surface area contributed by atoms with Gasteiger partial charge in [-0.3, -0.25) is 0 Å². The van der Waals surface area contributed by atoms with Gasteiger partial charge in [0.25, 0.3) is 0 Å². The average Bonchev–Trinajstić information content (AvgIpc) is 2.70. The number of benzene rings is 1. The molecule has 19 heavy (non-hydrogen) atoms. The number of furan rings is 1. The van der Waals surface area contributed by atoms with Crippen molar-refractivity contribution in [3.63, 3.8) is 0 Å². The summed E-state index contributed by atoms with van der Waals surface area (Å²) in [6, 6.07) is 6.57. The molecule has 2 nitrogen and oxygen atoms in total. The Hall–Kier alpha value is -1.28. The van der Waals surface area contributed by atoms with Gasteiger partial charge in [-0.1, -0.05) is 26.0 Å². The quantitative estimate of drug-likeness (QED) is 0.860. The molecule has 0 atom stereocenters. The first-order valence-electron chi connectivity index (χ1n) is 7.05. The highest BCUT2D eigenvalue weighted by molar-refractivity contribution is 5.85. The Morgan fingerprint density at radius 1 is 1.21 bits per heavy atom. The predicted molar refractivity (Wildman–Crippen MR) is 81.6 cm³/mol. The molecule has 0 unspecified atom stereocenters. The molecule has 2 rings (SSSR count). The molecule has 0 radical (unpaired) electrons. The Bertz CT molecular complexity index is 573. The summed E-state index contributed by atoms with van der Waals surface area (Å²) < 4.78 is 6.02. The molecule has 104 valence electrons. The van der Waals surface area contributed by atoms with Gasteiger partial charge in [0, 0.05) is 10.9 Å². The number of aryl methyl sites for hydroxylation is 1. The summed E-state index contributed by atoms with van der Waals surface area (Å²) in [6.07, 6.45) is 0. The molecule has 1 aromatic carbocycles. The minimum atomic E-state index is 0.106. The van der Waals surface area contributed by atoms with E-state index in [0.717, 1.165) is 17.9 Å². The van der Waals surface area contributed by atoms with E-state index in [0.29, 0.717) is 5.92 Å². The molecule has 1 heterocycles. The number of hydrogen-bond donors (Lipinski definition) is 1. The highest BCUT2D eigenvalue weighted by Crippen LogP contribution is 2.30. The molecule has 0 bridgehead atoms. The van der Waals surface area contributed by atoms with Crippen LogP contribution in [0.1, 0.15) is 57.4 Å². The maximum atomic E-state index is 6.02. The first-order valence-corrected chi connectivity index (χ1v) is 7.05. The van der Waals surface area contributed by atoms with Crippen LogP contribution >= 0.6 is 0 Å². The largest absolute Gasteiger partial charge is 0.459 e. The normalized spacial score (nSPS) is 12.6. The SMILES string of the molecule is Cc1ccc(C(C)C)c2cc(CNC(C)(C)C)oc12. The lowest BCUT2D eigenvalue weighted by atomic mass is 9.97. The van der Waals surface area contributed by atoms with Gasteiger partial charge in [-0.05, 0) is 50.8 Å². The second-order valence-corrected chi connectivity index (χ2v) is 6.69. The van der Waals surface area contributed by atoms with Crippen molar-refractivity contribution < 1.29 is 4.42 Å². The van der Waals surface area contributed by atoms with Crippen LogP contribution in [0.3, 0.4) is 0 Å². The lowest BCUT2D eigenvalue weighted by Crippen LogP contribution is -2.34. The summed E-state index contributed by atoms with van der Waals surface area (Å²) in [5, 5.41) is 4.74. The second kappa shape index (κ2) is 5.01. The summed E-state index contributed by atoms with van der Waals surface area (Å²) in [7, 11) is 0. The molecule has 0 amide bonds. The molecular weight excluding hydrogens is 234 g/mol. The molecule has 2 heteroatoms. The molecule has 2 aromatic rings. The van der Waals surface area contributed by atoms with E-state index in [9.17, 15) is 0 Å². The van der Waals surface area contributed by atoms with Crippen LogP contribution in [0.4, 0.5) is 0 Å². The number of fused-ring (bicyclic) bond motifs is 1. The van der Waals surface area contributed by atoms with Gasteiger partial charge < -0.3 is 9.73 Å². The van der Waals surface area contributed by atoms with E-state index < -0.39 is 0 Å². The van der Waals surface area contributed by atoms with Gasteiger partial charge in [0.05, 0.1) is 6.54 Å². The molecule has 1 N–H and O–H groups in total. The van der Waals surface area contributed by atoms with E-state index >= 15 is 0 Å². The summed E-state index contributed by atoms with van der Waals surface area (Å²) in [5.74, 6) is 1.53. The fraction of sp³-hybridized carbons (Fsp3) is 0.529. The Labute approximate surface area is 116 Å². The zero-order chi connectivity index (χ0) is 14.2. The summed E-state index contributed by atoms with van der Waals surface area (Å²) in [4.78, 5) is 0. The van der Waals surface area contributed by atoms with Crippen molar-refractivity contribution in [1.29, 1.82) is 0 Å². The summed E-state index contributed by atoms with van der Waals surface area (Å²) in [5.41, 5.74) is 3.72. The minimum Gasteiger partial charge on any atom is -0.459 e. The zero-order valence-corrected chi connectivity index (χ0v) is 12.9. The van der Waals surface area contributed by atoms with Crippen LogP contribution in [-0.2, 0) is 6.54 Å². The van der Waals surface area contributed by atoms with Gasteiger partial charge in [0.15, 0.2) is 0 Å². The third kappa shape index (κ3) is 3.19. The number of nitrogens with one attached hydrogen (secondary N) is 1. The van der Waals surface area contributed by atoms with Gasteiger partial charge in [-0.25, -0.2) is 0 Å². The van der Waals surface area contributed by atoms with Gasteiger partial charge in [-0.15, -0.1) is 0 Å². The summed E-state index contributed by atoms with van der Waals surface area (Å²) in [6.45, 7) is 13.8. The van der Waals surface area contributed by atoms with Crippen LogP contribution in [0.2, 0.25) is 0 Å². The van der Waals surface area contributed by atoms with Gasteiger partial charge in [0.2, 0.25) is 0 Å². The van der Waals surface area contributed by atoms with Gasteiger partial charge in [-0.2, -0.15) is 0 Å². The molecular formula is C17H25NO. The van der Waals surface area contributed by atoms with E-state index in [1.807, 2.05) is 0 Å². The zero-order valence-electron chi connectivity index (χ0n) is 12.9. The minimum absolute atomic E-state index is 0.106. The van der Waals surface area contributed by atoms with E-state index in [4.69, 9.17) is 4.42 Å². The maximum Gasteiger partial charge on any atom is 0.137 e. The monoisotopic (exact) mass is 259 g/mol. The average molecular weight is 259 g/mol. The van der Waals surface area contributed by atoms with Crippen molar-refractivity contribution in [3.8, 4) is 0 Å². The molecule has 0 aliphatic carbocycles. The highest BCUT2D eigenvalue weighted by Gasteiger charge is 2.14. The van der Waals surface area contributed by atoms with Crippen molar-refractivity contribution in [2.24, 2.45) is 0 Å². The van der Waals surface area contributed by atoms with Crippen molar-refractivity contribution >= 4 is 11.0 Å². The van der Waals surface area contributed by atoms with Crippen LogP contribution in [-0.4, -0.2) is 5.54 Å². The Balaban J connectivity index is 2.39. The fourth-order valence-corrected chi connectivity index (χ4v) is 2.27. The second-order valence-electron chi connectivity index (χ2n) is 6.69. The van der Waals surface area contributed by atoms with Gasteiger partial charge >= 0.3 is 0 Å². The highest BCUT2D eigenvalue weighted by atomic mass is 16.3. The lowest BCUT2D eigenvalue weighted by molar-refractivity contribution is 0.395. The molecule has 0 saturated carbocycles. The smallest absolute Gasteiger partial charge is 0.137 e. The van der Waals surface area contributed by atoms with Crippen molar-refractivity contribution in [1.82, 2.24) is 5.32 Å². The molecule has 1 aromatic heterocycles. The molecule has 0 saturated heterocycles. The first kappa shape index (κ1) is 14.1. The number of rotatable bonds is 3. The predicted octanol–water partition coefficient (Wildman–Crippen LogP) is 4.75. The maximum absolute atomic E-state index is 6.02. The Morgan fingerprint density at radius 3 is 2.47 bits per heavy atom. The van der Waals surface area contributed by atoms with Crippen LogP contribution < -0.4 is 5.32 Å². The van der Waals surface area contributed by atoms with Crippen LogP contribution in [0.15, 0.2) is 22.6 Å². The topological polar surface area (TPSA) is 25.2 Å².